The van der Waals surface area contributed by atoms with Crippen LogP contribution in [0.15, 0.2) is 24.3 Å². The molecule has 0 fully saturated rings. The minimum absolute atomic E-state index is 0.272. The van der Waals surface area contributed by atoms with Crippen LogP contribution in [0, 0.1) is 13.8 Å². The van der Waals surface area contributed by atoms with Gasteiger partial charge in [-0.2, -0.15) is 0 Å². The van der Waals surface area contributed by atoms with Crippen molar-refractivity contribution in [1.82, 2.24) is 0 Å². The predicted molar refractivity (Wildman–Crippen MR) is 102 cm³/mol. The van der Waals surface area contributed by atoms with Crippen LogP contribution in [-0.2, 0) is 14.3 Å². The van der Waals surface area contributed by atoms with Crippen molar-refractivity contribution in [2.75, 3.05) is 25.6 Å². The van der Waals surface area contributed by atoms with E-state index in [1.165, 1.54) is 24.5 Å². The van der Waals surface area contributed by atoms with Gasteiger partial charge in [0.15, 0.2) is 6.61 Å². The average molecular weight is 391 g/mol. The van der Waals surface area contributed by atoms with E-state index in [2.05, 4.69) is 5.32 Å². The molecular weight excluding hydrogens is 370 g/mol. The van der Waals surface area contributed by atoms with Gasteiger partial charge in [-0.3, -0.25) is 4.79 Å². The van der Waals surface area contributed by atoms with Gasteiger partial charge in [-0.05, 0) is 44.5 Å². The van der Waals surface area contributed by atoms with Crippen molar-refractivity contribution in [1.29, 1.82) is 0 Å². The summed E-state index contributed by atoms with van der Waals surface area (Å²) < 4.78 is 15.2. The Labute approximate surface area is 161 Å². The van der Waals surface area contributed by atoms with Gasteiger partial charge >= 0.3 is 11.9 Å². The van der Waals surface area contributed by atoms with E-state index in [1.54, 1.807) is 32.0 Å². The molecule has 1 aromatic carbocycles. The maximum absolute atomic E-state index is 12.2. The Morgan fingerprint density at radius 2 is 1.89 bits per heavy atom. The number of hydrogen-bond donors (Lipinski definition) is 1. The summed E-state index contributed by atoms with van der Waals surface area (Å²) in [4.78, 5) is 36.8. The SMILES string of the molecule is CCOC(=O)c1cccc(OCC(=O)Nc2sc(C)c(C)c2C(=O)OC)c1. The van der Waals surface area contributed by atoms with E-state index < -0.39 is 17.8 Å². The third-order valence-electron chi connectivity index (χ3n) is 3.74. The number of ether oxygens (including phenoxy) is 3. The molecule has 1 aromatic heterocycles. The van der Waals surface area contributed by atoms with E-state index in [1.807, 2.05) is 6.92 Å². The van der Waals surface area contributed by atoms with Crippen LogP contribution in [0.4, 0.5) is 5.00 Å². The van der Waals surface area contributed by atoms with Gasteiger partial charge < -0.3 is 19.5 Å². The summed E-state index contributed by atoms with van der Waals surface area (Å²) in [5.41, 5.74) is 1.45. The highest BCUT2D eigenvalue weighted by atomic mass is 32.1. The summed E-state index contributed by atoms with van der Waals surface area (Å²) in [6, 6.07) is 6.38. The van der Waals surface area contributed by atoms with E-state index in [9.17, 15) is 14.4 Å². The summed E-state index contributed by atoms with van der Waals surface area (Å²) in [6.45, 7) is 5.38. The first-order valence-corrected chi connectivity index (χ1v) is 9.07. The number of thiophene rings is 1. The van der Waals surface area contributed by atoms with Crippen LogP contribution < -0.4 is 10.1 Å². The molecule has 0 aliphatic carbocycles. The highest BCUT2D eigenvalue weighted by Crippen LogP contribution is 2.32. The molecule has 0 atom stereocenters. The van der Waals surface area contributed by atoms with Crippen molar-refractivity contribution in [3.8, 4) is 5.75 Å². The fourth-order valence-corrected chi connectivity index (χ4v) is 3.37. The molecular formula is C19H21NO6S. The Hall–Kier alpha value is -2.87. The zero-order valence-corrected chi connectivity index (χ0v) is 16.4. The standard InChI is InChI=1S/C19H21NO6S/c1-5-25-18(22)13-7-6-8-14(9-13)26-10-15(21)20-17-16(19(23)24-4)11(2)12(3)27-17/h6-9H,5,10H2,1-4H3,(H,20,21). The molecule has 2 rings (SSSR count). The lowest BCUT2D eigenvalue weighted by Crippen LogP contribution is -2.21. The Morgan fingerprint density at radius 3 is 2.56 bits per heavy atom. The molecule has 0 aliphatic rings. The lowest BCUT2D eigenvalue weighted by atomic mass is 10.1. The fraction of sp³-hybridized carbons (Fsp3) is 0.316. The molecule has 27 heavy (non-hydrogen) atoms. The molecule has 1 amide bonds. The Balaban J connectivity index is 2.04. The maximum atomic E-state index is 12.2. The number of anilines is 1. The van der Waals surface area contributed by atoms with Gasteiger partial charge in [0.2, 0.25) is 0 Å². The van der Waals surface area contributed by atoms with Crippen LogP contribution in [-0.4, -0.2) is 38.2 Å². The zero-order chi connectivity index (χ0) is 20.0. The second-order valence-corrected chi connectivity index (χ2v) is 6.79. The molecule has 8 heteroatoms. The number of carbonyl (C=O) groups is 3. The first kappa shape index (κ1) is 20.4. The summed E-state index contributed by atoms with van der Waals surface area (Å²) in [5.74, 6) is -1.03. The molecule has 0 spiro atoms. The van der Waals surface area contributed by atoms with Crippen LogP contribution in [0.5, 0.6) is 5.75 Å². The van der Waals surface area contributed by atoms with E-state index in [0.717, 1.165) is 10.4 Å². The molecule has 1 N–H and O–H groups in total. The number of rotatable bonds is 7. The first-order chi connectivity index (χ1) is 12.9. The third-order valence-corrected chi connectivity index (χ3v) is 4.87. The number of esters is 2. The van der Waals surface area contributed by atoms with Crippen molar-refractivity contribution in [3.63, 3.8) is 0 Å². The third kappa shape index (κ3) is 5.07. The second-order valence-electron chi connectivity index (χ2n) is 5.56. The fourth-order valence-electron chi connectivity index (χ4n) is 2.30. The van der Waals surface area contributed by atoms with Crippen molar-refractivity contribution < 1.29 is 28.6 Å². The molecule has 144 valence electrons. The smallest absolute Gasteiger partial charge is 0.341 e. The Bertz CT molecular complexity index is 858. The summed E-state index contributed by atoms with van der Waals surface area (Å²) in [6.07, 6.45) is 0. The molecule has 0 saturated carbocycles. The van der Waals surface area contributed by atoms with Gasteiger partial charge in [0.25, 0.3) is 5.91 Å². The normalized spacial score (nSPS) is 10.2. The van der Waals surface area contributed by atoms with Gasteiger partial charge in [-0.15, -0.1) is 11.3 Å². The van der Waals surface area contributed by atoms with Crippen LogP contribution in [0.3, 0.4) is 0 Å². The minimum Gasteiger partial charge on any atom is -0.484 e. The van der Waals surface area contributed by atoms with Crippen molar-refractivity contribution in [2.24, 2.45) is 0 Å². The van der Waals surface area contributed by atoms with Crippen LogP contribution in [0.1, 0.15) is 38.1 Å². The summed E-state index contributed by atoms with van der Waals surface area (Å²) in [7, 11) is 1.29. The summed E-state index contributed by atoms with van der Waals surface area (Å²) >= 11 is 1.30. The molecule has 2 aromatic rings. The first-order valence-electron chi connectivity index (χ1n) is 8.25. The highest BCUT2D eigenvalue weighted by Gasteiger charge is 2.21. The largest absolute Gasteiger partial charge is 0.484 e. The number of carbonyl (C=O) groups excluding carboxylic acids is 3. The molecule has 0 radical (unpaired) electrons. The molecule has 7 nitrogen and oxygen atoms in total. The number of benzene rings is 1. The van der Waals surface area contributed by atoms with Crippen molar-refractivity contribution in [3.05, 3.63) is 45.8 Å². The highest BCUT2D eigenvalue weighted by molar-refractivity contribution is 7.16. The molecule has 0 aliphatic heterocycles. The summed E-state index contributed by atoms with van der Waals surface area (Å²) in [5, 5.41) is 3.10. The van der Waals surface area contributed by atoms with Crippen LogP contribution >= 0.6 is 11.3 Å². The number of aryl methyl sites for hydroxylation is 1. The van der Waals surface area contributed by atoms with Crippen molar-refractivity contribution >= 4 is 34.2 Å². The van der Waals surface area contributed by atoms with Crippen LogP contribution in [0.2, 0.25) is 0 Å². The molecule has 0 unspecified atom stereocenters. The van der Waals surface area contributed by atoms with Gasteiger partial charge in [-0.1, -0.05) is 6.07 Å². The molecule has 1 heterocycles. The molecule has 0 bridgehead atoms. The number of methoxy groups -OCH3 is 1. The molecule has 0 saturated heterocycles. The van der Waals surface area contributed by atoms with Gasteiger partial charge in [-0.25, -0.2) is 9.59 Å². The number of nitrogens with one attached hydrogen (secondary N) is 1. The van der Waals surface area contributed by atoms with Crippen LogP contribution in [0.25, 0.3) is 0 Å². The Kier molecular flexibility index (Phi) is 6.95. The van der Waals surface area contributed by atoms with Gasteiger partial charge in [0, 0.05) is 4.88 Å². The monoisotopic (exact) mass is 391 g/mol. The van der Waals surface area contributed by atoms with E-state index in [0.29, 0.717) is 21.9 Å². The number of hydrogen-bond acceptors (Lipinski definition) is 7. The average Bonchev–Trinajstić information content (AvgIpc) is 2.93. The quantitative estimate of drug-likeness (QED) is 0.728. The topological polar surface area (TPSA) is 90.9 Å². The Morgan fingerprint density at radius 1 is 1.15 bits per heavy atom. The van der Waals surface area contributed by atoms with Gasteiger partial charge in [0.1, 0.15) is 10.8 Å². The maximum Gasteiger partial charge on any atom is 0.341 e. The zero-order valence-electron chi connectivity index (χ0n) is 15.6. The van der Waals surface area contributed by atoms with E-state index in [4.69, 9.17) is 14.2 Å². The van der Waals surface area contributed by atoms with Crippen molar-refractivity contribution in [2.45, 2.75) is 20.8 Å². The van der Waals surface area contributed by atoms with Gasteiger partial charge in [0.05, 0.1) is 24.8 Å². The van der Waals surface area contributed by atoms with E-state index in [-0.39, 0.29) is 13.2 Å². The second kappa shape index (κ2) is 9.18. The lowest BCUT2D eigenvalue weighted by molar-refractivity contribution is -0.118. The predicted octanol–water partition coefficient (Wildman–Crippen LogP) is 3.35. The lowest BCUT2D eigenvalue weighted by Gasteiger charge is -2.09. The minimum atomic E-state index is -0.504. The number of amides is 1. The van der Waals surface area contributed by atoms with E-state index >= 15 is 0 Å².